The Bertz CT molecular complexity index is 384. The van der Waals surface area contributed by atoms with Gasteiger partial charge < -0.3 is 10.6 Å². The maximum atomic E-state index is 5.51. The van der Waals surface area contributed by atoms with Gasteiger partial charge in [-0.1, -0.05) is 36.2 Å². The van der Waals surface area contributed by atoms with Gasteiger partial charge in [-0.2, -0.15) is 10.9 Å². The number of hydrogen-bond donors (Lipinski definition) is 5. The van der Waals surface area contributed by atoms with Gasteiger partial charge in [0, 0.05) is 5.88 Å². The summed E-state index contributed by atoms with van der Waals surface area (Å²) in [5.74, 6) is 2.76. The Labute approximate surface area is 138 Å². The standard InChI is InChI=1S/C12H22N4S4/c17-11-16-10(15-6-19-11)8-1-3-9(4-2-8)20-7-13-5-14-12(20)18/h8-10,13,15,20H,1-7H2,(H,14,18)(H,16,17). The summed E-state index contributed by atoms with van der Waals surface area (Å²) in [7, 11) is -0.158. The zero-order chi connectivity index (χ0) is 13.9. The molecule has 2 saturated heterocycles. The second kappa shape index (κ2) is 7.11. The monoisotopic (exact) mass is 350 g/mol. The molecule has 20 heavy (non-hydrogen) atoms. The molecule has 2 aliphatic heterocycles. The summed E-state index contributed by atoms with van der Waals surface area (Å²) in [6.07, 6.45) is 5.56. The van der Waals surface area contributed by atoms with Crippen LogP contribution in [0, 0.1) is 5.92 Å². The van der Waals surface area contributed by atoms with E-state index in [2.05, 4.69) is 21.3 Å². The first-order chi connectivity index (χ1) is 9.74. The molecule has 2 unspecified atom stereocenters. The van der Waals surface area contributed by atoms with E-state index >= 15 is 0 Å². The molecule has 114 valence electrons. The molecular weight excluding hydrogens is 328 g/mol. The number of thioether (sulfide) groups is 1. The topological polar surface area (TPSA) is 48.1 Å². The fraction of sp³-hybridized carbons (Fsp3) is 0.833. The summed E-state index contributed by atoms with van der Waals surface area (Å²) < 4.78 is 2.08. The molecule has 2 heterocycles. The molecule has 8 heteroatoms. The molecule has 4 N–H and O–H groups in total. The molecule has 2 atom stereocenters. The van der Waals surface area contributed by atoms with Crippen molar-refractivity contribution in [1.29, 1.82) is 0 Å². The van der Waals surface area contributed by atoms with Crippen LogP contribution in [0.5, 0.6) is 0 Å². The highest BCUT2D eigenvalue weighted by atomic mass is 32.2. The molecule has 0 aromatic rings. The zero-order valence-corrected chi connectivity index (χ0v) is 14.7. The molecule has 0 bridgehead atoms. The van der Waals surface area contributed by atoms with Crippen molar-refractivity contribution in [1.82, 2.24) is 21.3 Å². The van der Waals surface area contributed by atoms with Crippen LogP contribution in [0.25, 0.3) is 0 Å². The van der Waals surface area contributed by atoms with E-state index in [1.165, 1.54) is 25.7 Å². The molecular formula is C12H22N4S4. The van der Waals surface area contributed by atoms with Crippen LogP contribution >= 0.6 is 47.1 Å². The number of nitrogens with one attached hydrogen (secondary N) is 4. The number of thiol groups is 1. The average Bonchev–Trinajstić information content (AvgIpc) is 2.48. The lowest BCUT2D eigenvalue weighted by Gasteiger charge is -2.42. The van der Waals surface area contributed by atoms with E-state index in [1.54, 1.807) is 11.8 Å². The Morgan fingerprint density at radius 3 is 2.65 bits per heavy atom. The highest BCUT2D eigenvalue weighted by Gasteiger charge is 2.33. The van der Waals surface area contributed by atoms with Gasteiger partial charge in [-0.05, 0) is 36.9 Å². The minimum atomic E-state index is -0.158. The van der Waals surface area contributed by atoms with Gasteiger partial charge in [-0.3, -0.25) is 10.6 Å². The van der Waals surface area contributed by atoms with Gasteiger partial charge >= 0.3 is 0 Å². The summed E-state index contributed by atoms with van der Waals surface area (Å²) >= 11 is 12.5. The Kier molecular flexibility index (Phi) is 5.44. The maximum absolute atomic E-state index is 5.51. The van der Waals surface area contributed by atoms with Gasteiger partial charge in [0.1, 0.15) is 8.64 Å². The zero-order valence-electron chi connectivity index (χ0n) is 11.4. The molecule has 4 nitrogen and oxygen atoms in total. The van der Waals surface area contributed by atoms with Crippen LogP contribution in [0.3, 0.4) is 0 Å². The number of thiocarbonyl (C=S) groups is 2. The van der Waals surface area contributed by atoms with Gasteiger partial charge in [0.05, 0.1) is 18.7 Å². The molecule has 0 aromatic heterocycles. The third kappa shape index (κ3) is 3.59. The average molecular weight is 351 g/mol. The van der Waals surface area contributed by atoms with Crippen molar-refractivity contribution in [2.24, 2.45) is 5.92 Å². The van der Waals surface area contributed by atoms with Gasteiger partial charge in [-0.25, -0.2) is 0 Å². The summed E-state index contributed by atoms with van der Waals surface area (Å²) in [4.78, 5) is 0. The molecule has 3 aliphatic rings. The van der Waals surface area contributed by atoms with Crippen molar-refractivity contribution >= 4 is 55.7 Å². The van der Waals surface area contributed by atoms with Crippen molar-refractivity contribution < 1.29 is 0 Å². The Hall–Kier alpha value is 0.400. The van der Waals surface area contributed by atoms with E-state index in [9.17, 15) is 0 Å². The largest absolute Gasteiger partial charge is 0.360 e. The van der Waals surface area contributed by atoms with Crippen molar-refractivity contribution in [3.8, 4) is 0 Å². The fourth-order valence-corrected chi connectivity index (χ4v) is 7.14. The summed E-state index contributed by atoms with van der Waals surface area (Å²) in [5, 5.41) is 14.5. The first-order valence-corrected chi connectivity index (χ1v) is 10.6. The molecule has 0 amide bonds. The lowest BCUT2D eigenvalue weighted by Crippen LogP contribution is -2.53. The SMILES string of the molecule is S=C1NC(C2CCC([SH]3CNCNC3=S)CC2)NCS1. The molecule has 1 aliphatic carbocycles. The Morgan fingerprint density at radius 1 is 1.15 bits per heavy atom. The van der Waals surface area contributed by atoms with Gasteiger partial charge in [0.25, 0.3) is 0 Å². The molecule has 0 aromatic carbocycles. The van der Waals surface area contributed by atoms with E-state index in [0.717, 1.165) is 32.3 Å². The van der Waals surface area contributed by atoms with E-state index < -0.39 is 0 Å². The highest BCUT2D eigenvalue weighted by Crippen LogP contribution is 2.43. The van der Waals surface area contributed by atoms with Crippen LogP contribution in [-0.2, 0) is 0 Å². The van der Waals surface area contributed by atoms with Gasteiger partial charge in [0.2, 0.25) is 0 Å². The van der Waals surface area contributed by atoms with E-state index in [-0.39, 0.29) is 10.9 Å². The van der Waals surface area contributed by atoms with Crippen molar-refractivity contribution in [3.63, 3.8) is 0 Å². The molecule has 1 saturated carbocycles. The van der Waals surface area contributed by atoms with Crippen LogP contribution in [0.1, 0.15) is 25.7 Å². The lowest BCUT2D eigenvalue weighted by atomic mass is 9.86. The summed E-state index contributed by atoms with van der Waals surface area (Å²) in [6, 6.07) is 0. The van der Waals surface area contributed by atoms with Gasteiger partial charge in [-0.15, -0.1) is 0 Å². The minimum absolute atomic E-state index is 0.158. The Balaban J connectivity index is 1.51. The van der Waals surface area contributed by atoms with Crippen LogP contribution in [-0.4, -0.2) is 38.5 Å². The minimum Gasteiger partial charge on any atom is -0.360 e. The highest BCUT2D eigenvalue weighted by molar-refractivity contribution is 8.36. The maximum Gasteiger partial charge on any atom is 0.136 e. The van der Waals surface area contributed by atoms with E-state index in [0.29, 0.717) is 12.1 Å². The third-order valence-corrected chi connectivity index (χ3v) is 8.99. The second-order valence-electron chi connectivity index (χ2n) is 5.51. The van der Waals surface area contributed by atoms with Crippen LogP contribution in [0.4, 0.5) is 0 Å². The van der Waals surface area contributed by atoms with Crippen LogP contribution in [0.2, 0.25) is 0 Å². The first kappa shape index (κ1) is 15.3. The second-order valence-corrected chi connectivity index (χ2v) is 10.3. The number of rotatable bonds is 2. The summed E-state index contributed by atoms with van der Waals surface area (Å²) in [5.41, 5.74) is 0. The van der Waals surface area contributed by atoms with Crippen LogP contribution < -0.4 is 21.3 Å². The Morgan fingerprint density at radius 2 is 1.95 bits per heavy atom. The van der Waals surface area contributed by atoms with Gasteiger partial charge in [0.15, 0.2) is 0 Å². The molecule has 3 rings (SSSR count). The fourth-order valence-electron chi connectivity index (χ4n) is 3.23. The molecule has 3 fully saturated rings. The smallest absolute Gasteiger partial charge is 0.136 e. The predicted molar refractivity (Wildman–Crippen MR) is 98.5 cm³/mol. The first-order valence-electron chi connectivity index (χ1n) is 7.16. The summed E-state index contributed by atoms with van der Waals surface area (Å²) in [6.45, 7) is 0.845. The predicted octanol–water partition coefficient (Wildman–Crippen LogP) is 1.43. The number of hydrogen-bond acceptors (Lipinski definition) is 5. The lowest BCUT2D eigenvalue weighted by molar-refractivity contribution is 0.267. The molecule has 0 radical (unpaired) electrons. The van der Waals surface area contributed by atoms with E-state index in [4.69, 9.17) is 24.4 Å². The normalized spacial score (nSPS) is 40.8. The van der Waals surface area contributed by atoms with E-state index in [1.807, 2.05) is 0 Å². The van der Waals surface area contributed by atoms with Crippen molar-refractivity contribution in [3.05, 3.63) is 0 Å². The van der Waals surface area contributed by atoms with Crippen molar-refractivity contribution in [2.45, 2.75) is 37.1 Å². The third-order valence-electron chi connectivity index (χ3n) is 4.34. The van der Waals surface area contributed by atoms with Crippen LogP contribution in [0.15, 0.2) is 0 Å². The quantitative estimate of drug-likeness (QED) is 0.382. The van der Waals surface area contributed by atoms with Crippen molar-refractivity contribution in [2.75, 3.05) is 18.4 Å². The molecule has 0 spiro atoms.